The van der Waals surface area contributed by atoms with Crippen molar-refractivity contribution in [2.75, 3.05) is 0 Å². The molecule has 0 aliphatic heterocycles. The number of carbonyl (C=O) groups excluding carboxylic acids is 1. The van der Waals surface area contributed by atoms with Crippen LogP contribution in [0.2, 0.25) is 0 Å². The fourth-order valence-corrected chi connectivity index (χ4v) is 5.37. The van der Waals surface area contributed by atoms with Gasteiger partial charge < -0.3 is 5.32 Å². The van der Waals surface area contributed by atoms with Gasteiger partial charge in [-0.25, -0.2) is 0 Å². The maximum atomic E-state index is 12.3. The highest BCUT2D eigenvalue weighted by Gasteiger charge is 2.20. The molecule has 4 rings (SSSR count). The summed E-state index contributed by atoms with van der Waals surface area (Å²) >= 11 is 3.40. The molecule has 0 atom stereocenters. The van der Waals surface area contributed by atoms with Crippen LogP contribution in [-0.2, 0) is 0 Å². The summed E-state index contributed by atoms with van der Waals surface area (Å²) in [6, 6.07) is 10.9. The Kier molecular flexibility index (Phi) is 3.00. The molecule has 1 N–H and O–H groups in total. The summed E-state index contributed by atoms with van der Waals surface area (Å²) in [4.78, 5) is 13.2. The minimum Gasteiger partial charge on any atom is -0.349 e. The average molecular weight is 301 g/mol. The van der Waals surface area contributed by atoms with Crippen LogP contribution in [0, 0.1) is 0 Å². The van der Waals surface area contributed by atoms with Crippen LogP contribution >= 0.6 is 22.7 Å². The van der Waals surface area contributed by atoms with E-state index in [4.69, 9.17) is 0 Å². The predicted octanol–water partition coefficient (Wildman–Crippen LogP) is 4.79. The predicted molar refractivity (Wildman–Crippen MR) is 86.9 cm³/mol. The number of amides is 1. The molecule has 1 fully saturated rings. The molecule has 0 unspecified atom stereocenters. The second kappa shape index (κ2) is 4.86. The SMILES string of the molecule is O=C(NC1CCCC1)c1cc2sc3ccccc3c2s1. The van der Waals surface area contributed by atoms with E-state index in [-0.39, 0.29) is 5.91 Å². The van der Waals surface area contributed by atoms with Gasteiger partial charge in [-0.05, 0) is 25.0 Å². The smallest absolute Gasteiger partial charge is 0.261 e. The molecular weight excluding hydrogens is 286 g/mol. The lowest BCUT2D eigenvalue weighted by Crippen LogP contribution is -2.31. The van der Waals surface area contributed by atoms with Crippen LogP contribution in [-0.4, -0.2) is 11.9 Å². The van der Waals surface area contributed by atoms with Crippen molar-refractivity contribution >= 4 is 48.1 Å². The molecule has 0 bridgehead atoms. The average Bonchev–Trinajstić information content (AvgIpc) is 3.12. The summed E-state index contributed by atoms with van der Waals surface area (Å²) in [7, 11) is 0. The van der Waals surface area contributed by atoms with Gasteiger partial charge in [-0.1, -0.05) is 31.0 Å². The molecule has 4 heteroatoms. The van der Waals surface area contributed by atoms with E-state index in [1.807, 2.05) is 0 Å². The topological polar surface area (TPSA) is 29.1 Å². The molecule has 0 saturated heterocycles. The Morgan fingerprint density at radius 3 is 2.75 bits per heavy atom. The number of thiophene rings is 2. The van der Waals surface area contributed by atoms with Crippen molar-refractivity contribution in [3.8, 4) is 0 Å². The Balaban J connectivity index is 1.68. The zero-order chi connectivity index (χ0) is 13.5. The van der Waals surface area contributed by atoms with Crippen molar-refractivity contribution in [3.63, 3.8) is 0 Å². The van der Waals surface area contributed by atoms with E-state index in [0.29, 0.717) is 6.04 Å². The Morgan fingerprint density at radius 2 is 1.90 bits per heavy atom. The molecule has 20 heavy (non-hydrogen) atoms. The third-order valence-corrected chi connectivity index (χ3v) is 6.38. The first-order valence-electron chi connectivity index (χ1n) is 7.03. The Hall–Kier alpha value is -1.39. The maximum Gasteiger partial charge on any atom is 0.261 e. The van der Waals surface area contributed by atoms with E-state index in [2.05, 4.69) is 35.6 Å². The summed E-state index contributed by atoms with van der Waals surface area (Å²) in [5.41, 5.74) is 0. The van der Waals surface area contributed by atoms with Gasteiger partial charge in [-0.3, -0.25) is 4.79 Å². The minimum absolute atomic E-state index is 0.106. The zero-order valence-electron chi connectivity index (χ0n) is 11.0. The molecule has 0 spiro atoms. The van der Waals surface area contributed by atoms with Crippen molar-refractivity contribution in [3.05, 3.63) is 35.2 Å². The Labute approximate surface area is 125 Å². The van der Waals surface area contributed by atoms with Crippen molar-refractivity contribution < 1.29 is 4.79 Å². The molecule has 3 aromatic rings. The number of hydrogen-bond donors (Lipinski definition) is 1. The highest BCUT2D eigenvalue weighted by molar-refractivity contribution is 7.33. The Bertz CT molecular complexity index is 780. The van der Waals surface area contributed by atoms with Crippen LogP contribution in [0.1, 0.15) is 35.4 Å². The first kappa shape index (κ1) is 12.4. The number of fused-ring (bicyclic) bond motifs is 3. The summed E-state index contributed by atoms with van der Waals surface area (Å²) < 4.78 is 3.78. The molecule has 2 nitrogen and oxygen atoms in total. The lowest BCUT2D eigenvalue weighted by molar-refractivity contribution is 0.0942. The van der Waals surface area contributed by atoms with Crippen LogP contribution in [0.3, 0.4) is 0 Å². The van der Waals surface area contributed by atoms with E-state index in [9.17, 15) is 4.79 Å². The van der Waals surface area contributed by atoms with Crippen molar-refractivity contribution in [1.82, 2.24) is 5.32 Å². The second-order valence-corrected chi connectivity index (χ2v) is 7.49. The van der Waals surface area contributed by atoms with Gasteiger partial charge in [0.05, 0.1) is 9.58 Å². The van der Waals surface area contributed by atoms with Gasteiger partial charge >= 0.3 is 0 Å². The van der Waals surface area contributed by atoms with Gasteiger partial charge in [0.2, 0.25) is 0 Å². The van der Waals surface area contributed by atoms with Crippen LogP contribution in [0.25, 0.3) is 19.5 Å². The molecule has 0 radical (unpaired) electrons. The summed E-state index contributed by atoms with van der Waals surface area (Å²) in [6.07, 6.45) is 4.76. The summed E-state index contributed by atoms with van der Waals surface area (Å²) in [5.74, 6) is 0.106. The Morgan fingerprint density at radius 1 is 1.10 bits per heavy atom. The highest BCUT2D eigenvalue weighted by atomic mass is 32.1. The first-order chi connectivity index (χ1) is 9.81. The maximum absolute atomic E-state index is 12.3. The van der Waals surface area contributed by atoms with Crippen LogP contribution in [0.15, 0.2) is 30.3 Å². The van der Waals surface area contributed by atoms with Gasteiger partial charge in [0.1, 0.15) is 0 Å². The quantitative estimate of drug-likeness (QED) is 0.724. The van der Waals surface area contributed by atoms with E-state index < -0.39 is 0 Å². The van der Waals surface area contributed by atoms with E-state index in [1.165, 1.54) is 32.3 Å². The molecule has 1 aromatic carbocycles. The summed E-state index contributed by atoms with van der Waals surface area (Å²) in [5, 5.41) is 4.45. The minimum atomic E-state index is 0.106. The number of nitrogens with one attached hydrogen (secondary N) is 1. The molecule has 1 aliphatic rings. The van der Waals surface area contributed by atoms with Gasteiger partial charge in [0, 0.05) is 20.8 Å². The first-order valence-corrected chi connectivity index (χ1v) is 8.66. The second-order valence-electron chi connectivity index (χ2n) is 5.36. The van der Waals surface area contributed by atoms with Crippen molar-refractivity contribution in [1.29, 1.82) is 0 Å². The van der Waals surface area contributed by atoms with Crippen molar-refractivity contribution in [2.24, 2.45) is 0 Å². The van der Waals surface area contributed by atoms with Crippen LogP contribution in [0.4, 0.5) is 0 Å². The van der Waals surface area contributed by atoms with Crippen LogP contribution in [0.5, 0.6) is 0 Å². The lowest BCUT2D eigenvalue weighted by atomic mass is 10.2. The van der Waals surface area contributed by atoms with Gasteiger partial charge in [-0.15, -0.1) is 22.7 Å². The van der Waals surface area contributed by atoms with E-state index in [1.54, 1.807) is 22.7 Å². The van der Waals surface area contributed by atoms with E-state index in [0.717, 1.165) is 17.7 Å². The molecule has 1 amide bonds. The molecule has 2 aromatic heterocycles. The largest absolute Gasteiger partial charge is 0.349 e. The number of carbonyl (C=O) groups is 1. The fourth-order valence-electron chi connectivity index (χ4n) is 2.94. The van der Waals surface area contributed by atoms with Crippen LogP contribution < -0.4 is 5.32 Å². The molecule has 102 valence electrons. The molecule has 2 heterocycles. The van der Waals surface area contributed by atoms with Gasteiger partial charge in [0.25, 0.3) is 5.91 Å². The fraction of sp³-hybridized carbons (Fsp3) is 0.312. The monoisotopic (exact) mass is 301 g/mol. The highest BCUT2D eigenvalue weighted by Crippen LogP contribution is 2.39. The third-order valence-electron chi connectivity index (χ3n) is 3.96. The standard InChI is InChI=1S/C16H15NOS2/c18-16(17-10-5-1-2-6-10)14-9-13-15(20-14)11-7-3-4-8-12(11)19-13/h3-4,7-10H,1-2,5-6H2,(H,17,18). The summed E-state index contributed by atoms with van der Waals surface area (Å²) in [6.45, 7) is 0. The van der Waals surface area contributed by atoms with Crippen molar-refractivity contribution in [2.45, 2.75) is 31.7 Å². The van der Waals surface area contributed by atoms with Gasteiger partial charge in [0.15, 0.2) is 0 Å². The van der Waals surface area contributed by atoms with Gasteiger partial charge in [-0.2, -0.15) is 0 Å². The normalized spacial score (nSPS) is 16.2. The molecular formula is C16H15NOS2. The van der Waals surface area contributed by atoms with E-state index >= 15 is 0 Å². The lowest BCUT2D eigenvalue weighted by Gasteiger charge is -2.10. The number of hydrogen-bond acceptors (Lipinski definition) is 3. The molecule has 1 aliphatic carbocycles. The number of benzene rings is 1. The zero-order valence-corrected chi connectivity index (χ0v) is 12.7. The molecule has 1 saturated carbocycles. The third kappa shape index (κ3) is 2.03. The number of rotatable bonds is 2.